The number of alkyl halides is 1. The van der Waals surface area contributed by atoms with E-state index in [4.69, 9.17) is 23.2 Å². The maximum Gasteiger partial charge on any atom is 0.230 e. The Labute approximate surface area is 101 Å². The standard InChI is InChI=1S/C9H8BrCl2NO/c10-4-9(14)13-5-6-1-2-7(11)8(12)3-6/h1-3H,4-5H2,(H,13,14). The number of hydrogen-bond acceptors (Lipinski definition) is 1. The van der Waals surface area contributed by atoms with Crippen LogP contribution in [0.1, 0.15) is 5.56 Å². The molecule has 0 aliphatic rings. The Hall–Kier alpha value is -0.250. The molecule has 1 aromatic rings. The summed E-state index contributed by atoms with van der Waals surface area (Å²) in [6.07, 6.45) is 0. The van der Waals surface area contributed by atoms with Crippen LogP contribution in [0.4, 0.5) is 0 Å². The van der Waals surface area contributed by atoms with Crippen LogP contribution < -0.4 is 5.32 Å². The highest BCUT2D eigenvalue weighted by Crippen LogP contribution is 2.22. The topological polar surface area (TPSA) is 29.1 Å². The molecule has 0 unspecified atom stereocenters. The van der Waals surface area contributed by atoms with Crippen LogP contribution in [-0.2, 0) is 11.3 Å². The highest BCUT2D eigenvalue weighted by molar-refractivity contribution is 9.09. The Morgan fingerprint density at radius 1 is 1.36 bits per heavy atom. The summed E-state index contributed by atoms with van der Waals surface area (Å²) in [6.45, 7) is 0.460. The van der Waals surface area contributed by atoms with Gasteiger partial charge < -0.3 is 5.32 Å². The summed E-state index contributed by atoms with van der Waals surface area (Å²) in [7, 11) is 0. The lowest BCUT2D eigenvalue weighted by atomic mass is 10.2. The van der Waals surface area contributed by atoms with E-state index >= 15 is 0 Å². The first kappa shape index (κ1) is 11.8. The third kappa shape index (κ3) is 3.48. The molecular formula is C9H8BrCl2NO. The predicted molar refractivity (Wildman–Crippen MR) is 62.1 cm³/mol. The van der Waals surface area contributed by atoms with Gasteiger partial charge in [-0.05, 0) is 17.7 Å². The minimum absolute atomic E-state index is 0.0592. The Kier molecular flexibility index (Phi) is 4.72. The normalized spacial score (nSPS) is 9.93. The Morgan fingerprint density at radius 2 is 2.07 bits per heavy atom. The summed E-state index contributed by atoms with van der Waals surface area (Å²) in [4.78, 5) is 10.9. The smallest absolute Gasteiger partial charge is 0.230 e. The molecule has 0 heterocycles. The van der Waals surface area contributed by atoms with Crippen molar-refractivity contribution in [2.24, 2.45) is 0 Å². The molecule has 0 aliphatic heterocycles. The maximum atomic E-state index is 10.9. The van der Waals surface area contributed by atoms with Crippen molar-refractivity contribution in [1.82, 2.24) is 5.32 Å². The molecule has 0 aromatic heterocycles. The van der Waals surface area contributed by atoms with Gasteiger partial charge in [0.25, 0.3) is 0 Å². The van der Waals surface area contributed by atoms with Gasteiger partial charge in [-0.1, -0.05) is 45.2 Å². The van der Waals surface area contributed by atoms with Gasteiger partial charge in [-0.3, -0.25) is 4.79 Å². The first-order chi connectivity index (χ1) is 6.63. The van der Waals surface area contributed by atoms with Gasteiger partial charge in [0.15, 0.2) is 0 Å². The molecule has 1 rings (SSSR count). The molecule has 2 nitrogen and oxygen atoms in total. The summed E-state index contributed by atoms with van der Waals surface area (Å²) in [6, 6.07) is 5.26. The van der Waals surface area contributed by atoms with Gasteiger partial charge in [-0.15, -0.1) is 0 Å². The lowest BCUT2D eigenvalue weighted by Crippen LogP contribution is -2.23. The zero-order valence-electron chi connectivity index (χ0n) is 7.19. The Balaban J connectivity index is 2.60. The van der Waals surface area contributed by atoms with Crippen LogP contribution in [-0.4, -0.2) is 11.2 Å². The minimum atomic E-state index is -0.0592. The number of hydrogen-bond donors (Lipinski definition) is 1. The molecule has 1 N–H and O–H groups in total. The lowest BCUT2D eigenvalue weighted by molar-refractivity contribution is -0.118. The molecule has 0 spiro atoms. The van der Waals surface area contributed by atoms with Crippen LogP contribution in [0, 0.1) is 0 Å². The molecule has 1 aromatic carbocycles. The molecule has 0 aliphatic carbocycles. The van der Waals surface area contributed by atoms with Crippen LogP contribution in [0.3, 0.4) is 0 Å². The van der Waals surface area contributed by atoms with E-state index in [9.17, 15) is 4.79 Å². The van der Waals surface area contributed by atoms with Crippen molar-refractivity contribution < 1.29 is 4.79 Å². The largest absolute Gasteiger partial charge is 0.351 e. The van der Waals surface area contributed by atoms with E-state index in [-0.39, 0.29) is 5.91 Å². The predicted octanol–water partition coefficient (Wildman–Crippen LogP) is 3.00. The molecule has 0 saturated heterocycles. The quantitative estimate of drug-likeness (QED) is 0.854. The molecule has 1 amide bonds. The van der Waals surface area contributed by atoms with Crippen LogP contribution in [0.15, 0.2) is 18.2 Å². The molecular weight excluding hydrogens is 289 g/mol. The lowest BCUT2D eigenvalue weighted by Gasteiger charge is -2.04. The van der Waals surface area contributed by atoms with Gasteiger partial charge in [-0.25, -0.2) is 0 Å². The summed E-state index contributed by atoms with van der Waals surface area (Å²) >= 11 is 14.6. The average Bonchev–Trinajstić information content (AvgIpc) is 2.19. The number of benzene rings is 1. The average molecular weight is 297 g/mol. The fourth-order valence-electron chi connectivity index (χ4n) is 0.897. The second kappa shape index (κ2) is 5.59. The van der Waals surface area contributed by atoms with Gasteiger partial charge in [-0.2, -0.15) is 0 Å². The number of halogens is 3. The number of nitrogens with one attached hydrogen (secondary N) is 1. The van der Waals surface area contributed by atoms with Gasteiger partial charge in [0.2, 0.25) is 5.91 Å². The number of carbonyl (C=O) groups excluding carboxylic acids is 1. The Bertz CT molecular complexity index is 344. The van der Waals surface area contributed by atoms with Crippen LogP contribution in [0.25, 0.3) is 0 Å². The highest BCUT2D eigenvalue weighted by atomic mass is 79.9. The first-order valence-corrected chi connectivity index (χ1v) is 5.78. The number of carbonyl (C=O) groups is 1. The van der Waals surface area contributed by atoms with Crippen molar-refractivity contribution in [2.45, 2.75) is 6.54 Å². The van der Waals surface area contributed by atoms with E-state index in [1.165, 1.54) is 0 Å². The van der Waals surface area contributed by atoms with E-state index in [0.29, 0.717) is 21.9 Å². The van der Waals surface area contributed by atoms with E-state index in [1.807, 2.05) is 6.07 Å². The van der Waals surface area contributed by atoms with Gasteiger partial charge in [0, 0.05) is 6.54 Å². The third-order valence-corrected chi connectivity index (χ3v) is 2.84. The molecule has 5 heteroatoms. The molecule has 76 valence electrons. The molecule has 0 radical (unpaired) electrons. The van der Waals surface area contributed by atoms with Gasteiger partial charge in [0.1, 0.15) is 0 Å². The molecule has 14 heavy (non-hydrogen) atoms. The number of amides is 1. The fourth-order valence-corrected chi connectivity index (χ4v) is 1.42. The fraction of sp³-hybridized carbons (Fsp3) is 0.222. The molecule has 0 fully saturated rings. The van der Waals surface area contributed by atoms with Crippen molar-refractivity contribution >= 4 is 45.0 Å². The van der Waals surface area contributed by atoms with E-state index in [0.717, 1.165) is 5.56 Å². The van der Waals surface area contributed by atoms with E-state index in [1.54, 1.807) is 12.1 Å². The second-order valence-electron chi connectivity index (χ2n) is 2.66. The maximum absolute atomic E-state index is 10.9. The van der Waals surface area contributed by atoms with Gasteiger partial charge >= 0.3 is 0 Å². The minimum Gasteiger partial charge on any atom is -0.351 e. The summed E-state index contributed by atoms with van der Waals surface area (Å²) < 4.78 is 0. The van der Waals surface area contributed by atoms with Crippen LogP contribution in [0.2, 0.25) is 10.0 Å². The first-order valence-electron chi connectivity index (χ1n) is 3.90. The van der Waals surface area contributed by atoms with Crippen molar-refractivity contribution in [1.29, 1.82) is 0 Å². The van der Waals surface area contributed by atoms with Crippen LogP contribution in [0.5, 0.6) is 0 Å². The Morgan fingerprint density at radius 3 is 2.64 bits per heavy atom. The second-order valence-corrected chi connectivity index (χ2v) is 4.03. The van der Waals surface area contributed by atoms with E-state index in [2.05, 4.69) is 21.2 Å². The monoisotopic (exact) mass is 295 g/mol. The zero-order chi connectivity index (χ0) is 10.6. The van der Waals surface area contributed by atoms with E-state index < -0.39 is 0 Å². The van der Waals surface area contributed by atoms with Crippen LogP contribution >= 0.6 is 39.1 Å². The highest BCUT2D eigenvalue weighted by Gasteiger charge is 2.01. The third-order valence-electron chi connectivity index (χ3n) is 1.60. The molecule has 0 bridgehead atoms. The molecule has 0 saturated carbocycles. The van der Waals surface area contributed by atoms with Crippen molar-refractivity contribution in [3.63, 3.8) is 0 Å². The summed E-state index contributed by atoms with van der Waals surface area (Å²) in [5, 5.41) is 4.02. The summed E-state index contributed by atoms with van der Waals surface area (Å²) in [5.74, 6) is -0.0592. The van der Waals surface area contributed by atoms with Crippen molar-refractivity contribution in [2.75, 3.05) is 5.33 Å². The summed E-state index contributed by atoms with van der Waals surface area (Å²) in [5.41, 5.74) is 0.925. The van der Waals surface area contributed by atoms with Crippen molar-refractivity contribution in [3.05, 3.63) is 33.8 Å². The van der Waals surface area contributed by atoms with Crippen molar-refractivity contribution in [3.8, 4) is 0 Å². The SMILES string of the molecule is O=C(CBr)NCc1ccc(Cl)c(Cl)c1. The molecule has 0 atom stereocenters. The van der Waals surface area contributed by atoms with Gasteiger partial charge in [0.05, 0.1) is 15.4 Å². The zero-order valence-corrected chi connectivity index (χ0v) is 10.3. The number of rotatable bonds is 3.